The second-order valence-corrected chi connectivity index (χ2v) is 6.93. The number of rotatable bonds is 2. The largest absolute Gasteiger partial charge is 0.376 e. The summed E-state index contributed by atoms with van der Waals surface area (Å²) in [5.74, 6) is 0.724. The normalized spacial score (nSPS) is 31.1. The van der Waals surface area contributed by atoms with Gasteiger partial charge in [0.05, 0.1) is 5.60 Å². The summed E-state index contributed by atoms with van der Waals surface area (Å²) in [6, 6.07) is 6.38. The third kappa shape index (κ3) is 2.61. The van der Waals surface area contributed by atoms with Gasteiger partial charge in [0.2, 0.25) is 0 Å². The molecule has 110 valence electrons. The van der Waals surface area contributed by atoms with Crippen molar-refractivity contribution in [1.82, 2.24) is 10.3 Å². The van der Waals surface area contributed by atoms with Gasteiger partial charge in [0.15, 0.2) is 0 Å². The molecule has 3 heteroatoms. The standard InChI is InChI=1S/C17H26N2O/c1-16(2)13-17(8-12-20-16,14-6-10-18-11-7-14)15-5-3-4-9-19-15/h3-5,9,14,18H,6-8,10-13H2,1-2H3. The molecule has 1 aromatic rings. The van der Waals surface area contributed by atoms with Crippen LogP contribution in [0.5, 0.6) is 0 Å². The highest BCUT2D eigenvalue weighted by Crippen LogP contribution is 2.48. The van der Waals surface area contributed by atoms with E-state index in [2.05, 4.69) is 31.3 Å². The van der Waals surface area contributed by atoms with Crippen molar-refractivity contribution < 1.29 is 4.74 Å². The van der Waals surface area contributed by atoms with Crippen molar-refractivity contribution in [3.05, 3.63) is 30.1 Å². The molecule has 2 fully saturated rings. The number of hydrogen-bond acceptors (Lipinski definition) is 3. The van der Waals surface area contributed by atoms with Crippen molar-refractivity contribution in [2.24, 2.45) is 5.92 Å². The third-order valence-corrected chi connectivity index (χ3v) is 5.08. The molecule has 20 heavy (non-hydrogen) atoms. The average molecular weight is 274 g/mol. The Morgan fingerprint density at radius 1 is 1.25 bits per heavy atom. The number of nitrogens with one attached hydrogen (secondary N) is 1. The number of piperidine rings is 1. The van der Waals surface area contributed by atoms with Crippen LogP contribution in [0, 0.1) is 5.92 Å². The SMILES string of the molecule is CC1(C)CC(c2ccccn2)(C2CCNCC2)CCO1. The van der Waals surface area contributed by atoms with Crippen LogP contribution in [0.15, 0.2) is 24.4 Å². The summed E-state index contributed by atoms with van der Waals surface area (Å²) in [4.78, 5) is 4.74. The molecule has 0 aliphatic carbocycles. The van der Waals surface area contributed by atoms with Crippen molar-refractivity contribution in [2.45, 2.75) is 50.5 Å². The molecule has 0 aromatic carbocycles. The van der Waals surface area contributed by atoms with Crippen LogP contribution in [0.4, 0.5) is 0 Å². The van der Waals surface area contributed by atoms with Crippen molar-refractivity contribution in [1.29, 1.82) is 0 Å². The fourth-order valence-corrected chi connectivity index (χ4v) is 4.22. The molecule has 1 N–H and O–H groups in total. The van der Waals surface area contributed by atoms with Gasteiger partial charge in [-0.1, -0.05) is 6.07 Å². The Hall–Kier alpha value is -0.930. The lowest BCUT2D eigenvalue weighted by atomic mass is 9.61. The van der Waals surface area contributed by atoms with Gasteiger partial charge in [-0.05, 0) is 70.7 Å². The van der Waals surface area contributed by atoms with E-state index in [1.165, 1.54) is 18.5 Å². The Bertz CT molecular complexity index is 440. The first-order valence-electron chi connectivity index (χ1n) is 7.89. The zero-order valence-corrected chi connectivity index (χ0v) is 12.7. The number of pyridine rings is 1. The summed E-state index contributed by atoms with van der Waals surface area (Å²) in [5, 5.41) is 3.49. The summed E-state index contributed by atoms with van der Waals surface area (Å²) < 4.78 is 5.99. The van der Waals surface area contributed by atoms with E-state index in [-0.39, 0.29) is 11.0 Å². The fourth-order valence-electron chi connectivity index (χ4n) is 4.22. The highest BCUT2D eigenvalue weighted by molar-refractivity contribution is 5.21. The molecule has 0 saturated carbocycles. The van der Waals surface area contributed by atoms with Crippen LogP contribution in [0.25, 0.3) is 0 Å². The first kappa shape index (κ1) is 14.0. The van der Waals surface area contributed by atoms with Gasteiger partial charge in [0.25, 0.3) is 0 Å². The summed E-state index contributed by atoms with van der Waals surface area (Å²) >= 11 is 0. The lowest BCUT2D eigenvalue weighted by molar-refractivity contribution is -0.0986. The highest BCUT2D eigenvalue weighted by atomic mass is 16.5. The molecule has 0 spiro atoms. The summed E-state index contributed by atoms with van der Waals surface area (Å²) in [6.07, 6.45) is 6.65. The molecule has 1 atom stereocenters. The first-order chi connectivity index (χ1) is 9.62. The Morgan fingerprint density at radius 3 is 2.70 bits per heavy atom. The Balaban J connectivity index is 1.98. The summed E-state index contributed by atoms with van der Waals surface area (Å²) in [5.41, 5.74) is 1.44. The van der Waals surface area contributed by atoms with Crippen molar-refractivity contribution >= 4 is 0 Å². The molecule has 3 rings (SSSR count). The zero-order chi connectivity index (χ0) is 14.1. The van der Waals surface area contributed by atoms with E-state index in [4.69, 9.17) is 9.72 Å². The van der Waals surface area contributed by atoms with Crippen LogP contribution in [0.2, 0.25) is 0 Å². The number of ether oxygens (including phenoxy) is 1. The topological polar surface area (TPSA) is 34.2 Å². The molecule has 2 aliphatic rings. The quantitative estimate of drug-likeness (QED) is 0.900. The van der Waals surface area contributed by atoms with Crippen LogP contribution in [0.3, 0.4) is 0 Å². The summed E-state index contributed by atoms with van der Waals surface area (Å²) in [6.45, 7) is 7.59. The molecular weight excluding hydrogens is 248 g/mol. The van der Waals surface area contributed by atoms with Gasteiger partial charge in [0.1, 0.15) is 0 Å². The van der Waals surface area contributed by atoms with E-state index < -0.39 is 0 Å². The minimum absolute atomic E-state index is 0.0410. The van der Waals surface area contributed by atoms with Crippen LogP contribution >= 0.6 is 0 Å². The first-order valence-corrected chi connectivity index (χ1v) is 7.89. The maximum absolute atomic E-state index is 5.99. The lowest BCUT2D eigenvalue weighted by Crippen LogP contribution is -2.51. The van der Waals surface area contributed by atoms with Gasteiger partial charge in [-0.2, -0.15) is 0 Å². The van der Waals surface area contributed by atoms with E-state index >= 15 is 0 Å². The van der Waals surface area contributed by atoms with Crippen molar-refractivity contribution in [2.75, 3.05) is 19.7 Å². The van der Waals surface area contributed by atoms with E-state index in [9.17, 15) is 0 Å². The average Bonchev–Trinajstić information content (AvgIpc) is 2.48. The van der Waals surface area contributed by atoms with E-state index in [0.717, 1.165) is 38.5 Å². The molecule has 0 bridgehead atoms. The second-order valence-electron chi connectivity index (χ2n) is 6.93. The Kier molecular flexibility index (Phi) is 3.83. The predicted molar refractivity (Wildman–Crippen MR) is 80.8 cm³/mol. The lowest BCUT2D eigenvalue weighted by Gasteiger charge is -2.50. The van der Waals surface area contributed by atoms with Crippen LogP contribution in [0.1, 0.15) is 45.2 Å². The maximum atomic E-state index is 5.99. The fraction of sp³-hybridized carbons (Fsp3) is 0.706. The molecule has 2 aliphatic heterocycles. The van der Waals surface area contributed by atoms with Crippen molar-refractivity contribution in [3.63, 3.8) is 0 Å². The number of nitrogens with zero attached hydrogens (tertiary/aromatic N) is 1. The van der Waals surface area contributed by atoms with E-state index in [1.54, 1.807) is 0 Å². The van der Waals surface area contributed by atoms with Gasteiger partial charge in [-0.3, -0.25) is 4.98 Å². The second kappa shape index (κ2) is 5.45. The van der Waals surface area contributed by atoms with E-state index in [1.807, 2.05) is 12.3 Å². The number of hydrogen-bond donors (Lipinski definition) is 1. The van der Waals surface area contributed by atoms with Gasteiger partial charge in [0, 0.05) is 23.9 Å². The molecular formula is C17H26N2O. The zero-order valence-electron chi connectivity index (χ0n) is 12.7. The molecule has 0 amide bonds. The monoisotopic (exact) mass is 274 g/mol. The predicted octanol–water partition coefficient (Wildman–Crippen LogP) is 2.91. The minimum Gasteiger partial charge on any atom is -0.376 e. The molecule has 0 radical (unpaired) electrons. The maximum Gasteiger partial charge on any atom is 0.0635 e. The van der Waals surface area contributed by atoms with Crippen LogP contribution in [-0.4, -0.2) is 30.3 Å². The van der Waals surface area contributed by atoms with Crippen LogP contribution < -0.4 is 5.32 Å². The summed E-state index contributed by atoms with van der Waals surface area (Å²) in [7, 11) is 0. The Labute approximate surface area is 122 Å². The van der Waals surface area contributed by atoms with Gasteiger partial charge in [-0.15, -0.1) is 0 Å². The molecule has 1 aromatic heterocycles. The van der Waals surface area contributed by atoms with Crippen LogP contribution in [-0.2, 0) is 10.2 Å². The molecule has 3 nitrogen and oxygen atoms in total. The van der Waals surface area contributed by atoms with Gasteiger partial charge in [-0.25, -0.2) is 0 Å². The van der Waals surface area contributed by atoms with Gasteiger partial charge < -0.3 is 10.1 Å². The minimum atomic E-state index is -0.0410. The molecule has 3 heterocycles. The highest BCUT2D eigenvalue weighted by Gasteiger charge is 2.48. The third-order valence-electron chi connectivity index (χ3n) is 5.08. The number of aromatic nitrogens is 1. The Morgan fingerprint density at radius 2 is 2.05 bits per heavy atom. The van der Waals surface area contributed by atoms with Gasteiger partial charge >= 0.3 is 0 Å². The molecule has 1 unspecified atom stereocenters. The molecule has 2 saturated heterocycles. The van der Waals surface area contributed by atoms with E-state index in [0.29, 0.717) is 0 Å². The smallest absolute Gasteiger partial charge is 0.0635 e. The van der Waals surface area contributed by atoms with Crippen molar-refractivity contribution in [3.8, 4) is 0 Å².